The Hall–Kier alpha value is -4.41. The number of benzene rings is 2. The predicted octanol–water partition coefficient (Wildman–Crippen LogP) is 5.65. The van der Waals surface area contributed by atoms with E-state index in [2.05, 4.69) is 25.5 Å². The van der Waals surface area contributed by atoms with Crippen LogP contribution < -0.4 is 14.8 Å². The van der Waals surface area contributed by atoms with Crippen LogP contribution in [0.1, 0.15) is 11.4 Å². The van der Waals surface area contributed by atoms with E-state index >= 15 is 0 Å². The van der Waals surface area contributed by atoms with Crippen LogP contribution in [0.25, 0.3) is 11.3 Å². The first kappa shape index (κ1) is 28.6. The molecular formula is C23H17F7N6O3S. The second kappa shape index (κ2) is 11.0. The van der Waals surface area contributed by atoms with Crippen molar-refractivity contribution >= 4 is 27.3 Å². The van der Waals surface area contributed by atoms with Crippen LogP contribution in [-0.2, 0) is 22.8 Å². The number of sulfonamides is 1. The molecule has 0 fully saturated rings. The SMILES string of the molecule is O=S(=O)(CC(F)(F)F)Nc1ccc(-c2cc(Nc3ccnc(C(F)(F)F)n3)n[nH]2)cc1OCc1ccc(F)cc1. The molecule has 212 valence electrons. The Morgan fingerprint density at radius 1 is 0.925 bits per heavy atom. The van der Waals surface area contributed by atoms with Crippen molar-refractivity contribution in [3.63, 3.8) is 0 Å². The van der Waals surface area contributed by atoms with Gasteiger partial charge in [-0.1, -0.05) is 18.2 Å². The number of nitrogens with zero attached hydrogens (tertiary/aromatic N) is 3. The smallest absolute Gasteiger partial charge is 0.451 e. The molecule has 0 aliphatic carbocycles. The van der Waals surface area contributed by atoms with Gasteiger partial charge in [-0.25, -0.2) is 22.8 Å². The van der Waals surface area contributed by atoms with E-state index in [1.165, 1.54) is 36.4 Å². The molecule has 2 aromatic heterocycles. The number of alkyl halides is 6. The van der Waals surface area contributed by atoms with Crippen molar-refractivity contribution in [3.05, 3.63) is 78.0 Å². The number of hydrogen-bond acceptors (Lipinski definition) is 7. The standard InChI is InChI=1S/C23H17F7N6O3S/c24-15-4-1-13(2-5-15)11-39-18-9-14(3-6-16(18)36-40(37,38)12-22(25,26)27)17-10-20(35-34-17)32-19-7-8-31-21(33-19)23(28,29)30/h1-10,36H,11-12H2,(H2,31,32,33,34,35). The minimum atomic E-state index is -5.00. The van der Waals surface area contributed by atoms with Crippen molar-refractivity contribution in [1.82, 2.24) is 20.2 Å². The highest BCUT2D eigenvalue weighted by atomic mass is 32.2. The molecule has 2 heterocycles. The zero-order valence-electron chi connectivity index (χ0n) is 19.8. The third-order valence-corrected chi connectivity index (χ3v) is 6.20. The molecule has 0 radical (unpaired) electrons. The Balaban J connectivity index is 1.60. The van der Waals surface area contributed by atoms with E-state index in [0.717, 1.165) is 24.4 Å². The lowest BCUT2D eigenvalue weighted by atomic mass is 10.1. The molecule has 0 saturated carbocycles. The highest BCUT2D eigenvalue weighted by molar-refractivity contribution is 7.92. The summed E-state index contributed by atoms with van der Waals surface area (Å²) < 4.78 is 122. The number of halogens is 7. The van der Waals surface area contributed by atoms with Gasteiger partial charge in [-0.3, -0.25) is 9.82 Å². The largest absolute Gasteiger partial charge is 0.487 e. The van der Waals surface area contributed by atoms with Crippen LogP contribution in [0, 0.1) is 5.82 Å². The van der Waals surface area contributed by atoms with Crippen LogP contribution in [0.2, 0.25) is 0 Å². The summed E-state index contributed by atoms with van der Waals surface area (Å²) in [6.07, 6.45) is -8.85. The molecule has 0 bridgehead atoms. The van der Waals surface area contributed by atoms with E-state index in [0.29, 0.717) is 11.1 Å². The normalized spacial score (nSPS) is 12.3. The molecule has 0 atom stereocenters. The topological polar surface area (TPSA) is 122 Å². The molecule has 0 spiro atoms. The average Bonchev–Trinajstić information content (AvgIpc) is 3.31. The summed E-state index contributed by atoms with van der Waals surface area (Å²) in [5.74, 6) is -4.30. The summed E-state index contributed by atoms with van der Waals surface area (Å²) in [5.41, 5.74) is 0.789. The van der Waals surface area contributed by atoms with Gasteiger partial charge in [0.05, 0.1) is 11.4 Å². The molecule has 3 N–H and O–H groups in total. The minimum absolute atomic E-state index is 0.0607. The lowest BCUT2D eigenvalue weighted by molar-refractivity contribution is -0.144. The highest BCUT2D eigenvalue weighted by Crippen LogP contribution is 2.33. The maximum atomic E-state index is 13.2. The molecule has 9 nitrogen and oxygen atoms in total. The first-order chi connectivity index (χ1) is 18.7. The summed E-state index contributed by atoms with van der Waals surface area (Å²) in [6.45, 7) is -0.192. The van der Waals surface area contributed by atoms with E-state index in [9.17, 15) is 39.2 Å². The average molecular weight is 590 g/mol. The molecule has 0 saturated heterocycles. The van der Waals surface area contributed by atoms with Gasteiger partial charge in [0.1, 0.15) is 24.0 Å². The number of hydrogen-bond donors (Lipinski definition) is 3. The zero-order valence-corrected chi connectivity index (χ0v) is 20.6. The number of aromatic amines is 1. The van der Waals surface area contributed by atoms with Gasteiger partial charge in [0.2, 0.25) is 15.8 Å². The van der Waals surface area contributed by atoms with Gasteiger partial charge >= 0.3 is 12.4 Å². The molecule has 40 heavy (non-hydrogen) atoms. The van der Waals surface area contributed by atoms with Crippen molar-refractivity contribution in [1.29, 1.82) is 0 Å². The fourth-order valence-corrected chi connectivity index (χ4v) is 4.29. The van der Waals surface area contributed by atoms with Crippen LogP contribution >= 0.6 is 0 Å². The van der Waals surface area contributed by atoms with Crippen LogP contribution in [0.3, 0.4) is 0 Å². The number of nitrogens with one attached hydrogen (secondary N) is 3. The second-order valence-electron chi connectivity index (χ2n) is 8.16. The fourth-order valence-electron chi connectivity index (χ4n) is 3.28. The zero-order chi connectivity index (χ0) is 29.1. The Kier molecular flexibility index (Phi) is 7.86. The third-order valence-electron chi connectivity index (χ3n) is 4.96. The van der Waals surface area contributed by atoms with Gasteiger partial charge in [0, 0.05) is 17.8 Å². The summed E-state index contributed by atoms with van der Waals surface area (Å²) in [4.78, 5) is 6.54. The highest BCUT2D eigenvalue weighted by Gasteiger charge is 2.36. The molecule has 0 aliphatic rings. The number of anilines is 3. The van der Waals surface area contributed by atoms with Crippen LogP contribution in [-0.4, -0.2) is 40.5 Å². The molecule has 0 unspecified atom stereocenters. The van der Waals surface area contributed by atoms with Gasteiger partial charge in [-0.15, -0.1) is 0 Å². The van der Waals surface area contributed by atoms with Crippen LogP contribution in [0.15, 0.2) is 60.8 Å². The molecule has 0 aliphatic heterocycles. The monoisotopic (exact) mass is 590 g/mol. The minimum Gasteiger partial charge on any atom is -0.487 e. The number of H-pyrrole nitrogens is 1. The van der Waals surface area contributed by atoms with E-state index in [-0.39, 0.29) is 35.4 Å². The van der Waals surface area contributed by atoms with Crippen molar-refractivity contribution in [2.75, 3.05) is 15.8 Å². The number of aromatic nitrogens is 4. The Morgan fingerprint density at radius 3 is 2.33 bits per heavy atom. The summed E-state index contributed by atoms with van der Waals surface area (Å²) >= 11 is 0. The molecule has 4 rings (SSSR count). The molecule has 2 aromatic carbocycles. The summed E-state index contributed by atoms with van der Waals surface area (Å²) in [6, 6.07) is 11.5. The Labute approximate surface area is 221 Å². The quantitative estimate of drug-likeness (QED) is 0.215. The first-order valence-electron chi connectivity index (χ1n) is 11.0. The maximum Gasteiger partial charge on any atom is 0.451 e. The first-order valence-corrected chi connectivity index (χ1v) is 12.6. The van der Waals surface area contributed by atoms with Gasteiger partial charge in [-0.2, -0.15) is 31.4 Å². The molecule has 4 aromatic rings. The van der Waals surface area contributed by atoms with Crippen molar-refractivity contribution in [3.8, 4) is 17.0 Å². The van der Waals surface area contributed by atoms with Gasteiger partial charge < -0.3 is 10.1 Å². The van der Waals surface area contributed by atoms with E-state index in [1.807, 2.05) is 4.72 Å². The van der Waals surface area contributed by atoms with Crippen LogP contribution in [0.5, 0.6) is 5.75 Å². The van der Waals surface area contributed by atoms with E-state index in [4.69, 9.17) is 4.74 Å². The number of ether oxygens (including phenoxy) is 1. The Bertz CT molecular complexity index is 1590. The van der Waals surface area contributed by atoms with Crippen LogP contribution in [0.4, 0.5) is 48.1 Å². The lowest BCUT2D eigenvalue weighted by Crippen LogP contribution is -2.28. The second-order valence-corrected chi connectivity index (χ2v) is 9.88. The third kappa shape index (κ3) is 7.81. The Morgan fingerprint density at radius 2 is 1.65 bits per heavy atom. The van der Waals surface area contributed by atoms with Gasteiger partial charge in [0.25, 0.3) is 0 Å². The molecule has 17 heteroatoms. The van der Waals surface area contributed by atoms with E-state index < -0.39 is 39.8 Å². The van der Waals surface area contributed by atoms with Crippen molar-refractivity contribution in [2.24, 2.45) is 0 Å². The summed E-state index contributed by atoms with van der Waals surface area (Å²) in [7, 11) is -4.85. The molecule has 0 amide bonds. The fraction of sp³-hybridized carbons (Fsp3) is 0.174. The predicted molar refractivity (Wildman–Crippen MR) is 129 cm³/mol. The van der Waals surface area contributed by atoms with E-state index in [1.54, 1.807) is 0 Å². The van der Waals surface area contributed by atoms with Crippen molar-refractivity contribution in [2.45, 2.75) is 19.0 Å². The lowest BCUT2D eigenvalue weighted by Gasteiger charge is -2.16. The summed E-state index contributed by atoms with van der Waals surface area (Å²) in [5, 5.41) is 9.16. The maximum absolute atomic E-state index is 13.2. The van der Waals surface area contributed by atoms with Gasteiger partial charge in [0.15, 0.2) is 11.6 Å². The molecular weight excluding hydrogens is 573 g/mol. The number of rotatable bonds is 9. The van der Waals surface area contributed by atoms with Gasteiger partial charge in [-0.05, 0) is 35.9 Å². The van der Waals surface area contributed by atoms with Crippen molar-refractivity contribution < 1.29 is 43.9 Å².